The molecule has 1 aliphatic carbocycles. The monoisotopic (exact) mass is 350 g/mol. The quantitative estimate of drug-likeness (QED) is 0.808. The summed E-state index contributed by atoms with van der Waals surface area (Å²) >= 11 is 0. The van der Waals surface area contributed by atoms with Crippen molar-refractivity contribution in [3.63, 3.8) is 0 Å². The van der Waals surface area contributed by atoms with Crippen LogP contribution in [-0.2, 0) is 9.53 Å². The lowest BCUT2D eigenvalue weighted by Crippen LogP contribution is -2.55. The van der Waals surface area contributed by atoms with E-state index in [1.165, 1.54) is 20.0 Å². The Balaban J connectivity index is 1.72. The number of hydrogen-bond acceptors (Lipinski definition) is 5. The fourth-order valence-corrected chi connectivity index (χ4v) is 4.22. The highest BCUT2D eigenvalue weighted by Crippen LogP contribution is 2.29. The summed E-state index contributed by atoms with van der Waals surface area (Å²) in [6.07, 6.45) is 6.13. The number of nitrogens with zero attached hydrogens (tertiary/aromatic N) is 2. The number of alkyl carbamates (subject to hydrolysis) is 1. The molecule has 0 bridgehead atoms. The first kappa shape index (κ1) is 18.0. The van der Waals surface area contributed by atoms with E-state index in [0.717, 1.165) is 31.5 Å². The van der Waals surface area contributed by atoms with Crippen molar-refractivity contribution in [2.24, 2.45) is 10.9 Å². The highest BCUT2D eigenvalue weighted by atomic mass is 16.5. The van der Waals surface area contributed by atoms with Crippen molar-refractivity contribution < 1.29 is 14.3 Å². The molecule has 25 heavy (non-hydrogen) atoms. The lowest BCUT2D eigenvalue weighted by molar-refractivity contribution is -0.134. The van der Waals surface area contributed by atoms with Crippen LogP contribution in [0.1, 0.15) is 52.4 Å². The Morgan fingerprint density at radius 2 is 2.00 bits per heavy atom. The average molecular weight is 350 g/mol. The zero-order valence-electron chi connectivity index (χ0n) is 15.5. The number of amides is 2. The number of methoxy groups -OCH3 is 1. The van der Waals surface area contributed by atoms with Gasteiger partial charge in [0.15, 0.2) is 0 Å². The Labute approximate surface area is 149 Å². The van der Waals surface area contributed by atoms with Gasteiger partial charge in [0.2, 0.25) is 5.91 Å². The normalized spacial score (nSPS) is 29.7. The number of carbonyl (C=O) groups is 2. The molecule has 0 aromatic carbocycles. The molecule has 140 valence electrons. The number of fused-ring (bicyclic) bond motifs is 1. The van der Waals surface area contributed by atoms with E-state index in [-0.39, 0.29) is 17.9 Å². The van der Waals surface area contributed by atoms with Crippen LogP contribution in [0.4, 0.5) is 4.79 Å². The van der Waals surface area contributed by atoms with Crippen LogP contribution in [0.2, 0.25) is 0 Å². The molecule has 2 fully saturated rings. The van der Waals surface area contributed by atoms with Gasteiger partial charge in [0.25, 0.3) is 0 Å². The summed E-state index contributed by atoms with van der Waals surface area (Å²) in [7, 11) is 1.31. The molecule has 0 aromatic heterocycles. The molecule has 0 radical (unpaired) electrons. The fourth-order valence-electron chi connectivity index (χ4n) is 4.22. The maximum absolute atomic E-state index is 13.1. The maximum atomic E-state index is 13.1. The number of nitrogens with one attached hydrogen (secondary N) is 2. The van der Waals surface area contributed by atoms with E-state index in [1.54, 1.807) is 0 Å². The van der Waals surface area contributed by atoms with Gasteiger partial charge in [0.05, 0.1) is 19.2 Å². The second-order valence-electron chi connectivity index (χ2n) is 7.66. The molecule has 0 aromatic rings. The molecule has 0 spiro atoms. The summed E-state index contributed by atoms with van der Waals surface area (Å²) in [5.74, 6) is 0.930. The van der Waals surface area contributed by atoms with E-state index in [4.69, 9.17) is 4.99 Å². The first-order valence-electron chi connectivity index (χ1n) is 9.50. The topological polar surface area (TPSA) is 83.0 Å². The number of likely N-dealkylation sites (tertiary alicyclic amines) is 1. The molecule has 2 amide bonds. The first-order valence-corrected chi connectivity index (χ1v) is 9.50. The van der Waals surface area contributed by atoms with Gasteiger partial charge >= 0.3 is 6.09 Å². The number of carbonyl (C=O) groups excluding carboxylic acids is 2. The smallest absolute Gasteiger partial charge is 0.407 e. The SMILES string of the molecule is COC(=O)NC(C(=O)N1CCCC1C1=NC2CCCCC2N1)C(C)C. The predicted octanol–water partition coefficient (Wildman–Crippen LogP) is 1.67. The minimum absolute atomic E-state index is 0.00564. The Morgan fingerprint density at radius 3 is 2.68 bits per heavy atom. The molecule has 7 heteroatoms. The van der Waals surface area contributed by atoms with Gasteiger partial charge in [-0.2, -0.15) is 0 Å². The van der Waals surface area contributed by atoms with Crippen molar-refractivity contribution in [2.45, 2.75) is 76.5 Å². The van der Waals surface area contributed by atoms with Gasteiger partial charge in [-0.1, -0.05) is 26.7 Å². The standard InChI is InChI=1S/C18H30N4O3/c1-11(2)15(21-18(24)25-3)17(23)22-10-6-9-14(22)16-19-12-7-4-5-8-13(12)20-16/h11-15H,4-10H2,1-3H3,(H,19,20)(H,21,24). The van der Waals surface area contributed by atoms with Gasteiger partial charge in [0.1, 0.15) is 11.9 Å². The van der Waals surface area contributed by atoms with Gasteiger partial charge < -0.3 is 20.3 Å². The Bertz CT molecular complexity index is 548. The molecular formula is C18H30N4O3. The number of aliphatic imine (C=N–C) groups is 1. The molecule has 4 atom stereocenters. The van der Waals surface area contributed by atoms with Crippen LogP contribution in [0, 0.1) is 5.92 Å². The van der Waals surface area contributed by atoms with Crippen LogP contribution in [0.5, 0.6) is 0 Å². The minimum atomic E-state index is -0.572. The third kappa shape index (κ3) is 3.75. The Morgan fingerprint density at radius 1 is 1.24 bits per heavy atom. The van der Waals surface area contributed by atoms with Gasteiger partial charge in [-0.3, -0.25) is 9.79 Å². The molecule has 1 saturated carbocycles. The Hall–Kier alpha value is -1.79. The van der Waals surface area contributed by atoms with E-state index in [2.05, 4.69) is 15.4 Å². The third-order valence-electron chi connectivity index (χ3n) is 5.61. The molecule has 3 rings (SSSR count). The van der Waals surface area contributed by atoms with E-state index >= 15 is 0 Å². The van der Waals surface area contributed by atoms with Gasteiger partial charge in [-0.05, 0) is 31.6 Å². The zero-order valence-corrected chi connectivity index (χ0v) is 15.5. The first-order chi connectivity index (χ1) is 12.0. The Kier molecular flexibility index (Phi) is 5.49. The van der Waals surface area contributed by atoms with Crippen LogP contribution in [-0.4, -0.2) is 60.6 Å². The van der Waals surface area contributed by atoms with Crippen molar-refractivity contribution in [3.8, 4) is 0 Å². The highest BCUT2D eigenvalue weighted by Gasteiger charge is 2.41. The summed E-state index contributed by atoms with van der Waals surface area (Å²) < 4.78 is 4.68. The molecule has 7 nitrogen and oxygen atoms in total. The molecule has 2 N–H and O–H groups in total. The summed E-state index contributed by atoms with van der Waals surface area (Å²) in [5.41, 5.74) is 0. The number of rotatable bonds is 4. The van der Waals surface area contributed by atoms with E-state index < -0.39 is 12.1 Å². The third-order valence-corrected chi connectivity index (χ3v) is 5.61. The second kappa shape index (κ2) is 7.62. The van der Waals surface area contributed by atoms with Crippen molar-refractivity contribution in [2.75, 3.05) is 13.7 Å². The molecule has 2 heterocycles. The number of amidine groups is 1. The van der Waals surface area contributed by atoms with Crippen LogP contribution in [0.3, 0.4) is 0 Å². The van der Waals surface area contributed by atoms with Crippen LogP contribution < -0.4 is 10.6 Å². The fraction of sp³-hybridized carbons (Fsp3) is 0.833. The van der Waals surface area contributed by atoms with E-state index in [1.807, 2.05) is 18.7 Å². The average Bonchev–Trinajstić information content (AvgIpc) is 3.24. The van der Waals surface area contributed by atoms with Gasteiger partial charge in [-0.15, -0.1) is 0 Å². The van der Waals surface area contributed by atoms with E-state index in [0.29, 0.717) is 18.6 Å². The predicted molar refractivity (Wildman–Crippen MR) is 95.5 cm³/mol. The summed E-state index contributed by atoms with van der Waals surface area (Å²) in [6, 6.07) is 0.252. The van der Waals surface area contributed by atoms with Gasteiger partial charge in [-0.25, -0.2) is 4.79 Å². The largest absolute Gasteiger partial charge is 0.453 e. The van der Waals surface area contributed by atoms with E-state index in [9.17, 15) is 9.59 Å². The summed E-state index contributed by atoms with van der Waals surface area (Å²) in [5, 5.41) is 6.28. The molecule has 2 aliphatic heterocycles. The van der Waals surface area contributed by atoms with Crippen LogP contribution in [0.25, 0.3) is 0 Å². The van der Waals surface area contributed by atoms with Crippen LogP contribution in [0.15, 0.2) is 4.99 Å². The molecule has 1 saturated heterocycles. The van der Waals surface area contributed by atoms with Crippen LogP contribution >= 0.6 is 0 Å². The van der Waals surface area contributed by atoms with Crippen molar-refractivity contribution in [1.29, 1.82) is 0 Å². The lowest BCUT2D eigenvalue weighted by Gasteiger charge is -2.31. The molecular weight excluding hydrogens is 320 g/mol. The van der Waals surface area contributed by atoms with Gasteiger partial charge in [0, 0.05) is 12.6 Å². The minimum Gasteiger partial charge on any atom is -0.453 e. The lowest BCUT2D eigenvalue weighted by atomic mass is 9.92. The maximum Gasteiger partial charge on any atom is 0.407 e. The van der Waals surface area contributed by atoms with Crippen molar-refractivity contribution in [3.05, 3.63) is 0 Å². The highest BCUT2D eigenvalue weighted by molar-refractivity contribution is 5.95. The molecule has 3 aliphatic rings. The van der Waals surface area contributed by atoms with Crippen molar-refractivity contribution >= 4 is 17.8 Å². The van der Waals surface area contributed by atoms with Crippen molar-refractivity contribution in [1.82, 2.24) is 15.5 Å². The molecule has 4 unspecified atom stereocenters. The number of ether oxygens (including phenoxy) is 1. The summed E-state index contributed by atoms with van der Waals surface area (Å²) in [6.45, 7) is 4.58. The summed E-state index contributed by atoms with van der Waals surface area (Å²) in [4.78, 5) is 31.5. The number of hydrogen-bond donors (Lipinski definition) is 2. The zero-order chi connectivity index (χ0) is 18.0. The second-order valence-corrected chi connectivity index (χ2v) is 7.66.